The topological polar surface area (TPSA) is 42.4 Å². The van der Waals surface area contributed by atoms with Crippen molar-refractivity contribution in [1.82, 2.24) is 9.88 Å². The SMILES string of the molecule is CCOc1cccc(C2SCCC(=O)N2Cc2cccnc2)c1. The quantitative estimate of drug-likeness (QED) is 0.840. The van der Waals surface area contributed by atoms with Crippen LogP contribution in [0.5, 0.6) is 5.75 Å². The lowest BCUT2D eigenvalue weighted by Gasteiger charge is -2.35. The number of nitrogens with zero attached hydrogens (tertiary/aromatic N) is 2. The molecule has 2 heterocycles. The summed E-state index contributed by atoms with van der Waals surface area (Å²) < 4.78 is 5.59. The molecule has 1 atom stereocenters. The molecule has 0 bridgehead atoms. The van der Waals surface area contributed by atoms with E-state index in [4.69, 9.17) is 4.74 Å². The average Bonchev–Trinajstić information content (AvgIpc) is 2.58. The Morgan fingerprint density at radius 3 is 3.04 bits per heavy atom. The lowest BCUT2D eigenvalue weighted by Crippen LogP contribution is -2.36. The summed E-state index contributed by atoms with van der Waals surface area (Å²) >= 11 is 1.80. The lowest BCUT2D eigenvalue weighted by atomic mass is 10.1. The first kappa shape index (κ1) is 15.9. The van der Waals surface area contributed by atoms with Crippen LogP contribution >= 0.6 is 11.8 Å². The number of rotatable bonds is 5. The van der Waals surface area contributed by atoms with Crippen LogP contribution in [0.15, 0.2) is 48.8 Å². The van der Waals surface area contributed by atoms with Crippen molar-refractivity contribution < 1.29 is 9.53 Å². The number of pyridine rings is 1. The Morgan fingerprint density at radius 1 is 1.35 bits per heavy atom. The van der Waals surface area contributed by atoms with Crippen LogP contribution in [0.4, 0.5) is 0 Å². The van der Waals surface area contributed by atoms with Crippen molar-refractivity contribution in [3.8, 4) is 5.75 Å². The van der Waals surface area contributed by atoms with Crippen LogP contribution in [0, 0.1) is 0 Å². The highest BCUT2D eigenvalue weighted by Gasteiger charge is 2.30. The van der Waals surface area contributed by atoms with Gasteiger partial charge in [0, 0.05) is 31.1 Å². The zero-order valence-corrected chi connectivity index (χ0v) is 14.0. The number of carbonyl (C=O) groups excluding carboxylic acids is 1. The van der Waals surface area contributed by atoms with E-state index < -0.39 is 0 Å². The van der Waals surface area contributed by atoms with Crippen molar-refractivity contribution in [1.29, 1.82) is 0 Å². The molecule has 1 saturated heterocycles. The van der Waals surface area contributed by atoms with Gasteiger partial charge in [0.15, 0.2) is 0 Å². The molecule has 1 aliphatic heterocycles. The second-order valence-electron chi connectivity index (χ2n) is 5.36. The predicted octanol–water partition coefficient (Wildman–Crippen LogP) is 3.64. The van der Waals surface area contributed by atoms with Crippen molar-refractivity contribution in [3.63, 3.8) is 0 Å². The van der Waals surface area contributed by atoms with Crippen molar-refractivity contribution in [3.05, 3.63) is 59.9 Å². The first-order valence-corrected chi connectivity index (χ1v) is 8.85. The van der Waals surface area contributed by atoms with Crippen molar-refractivity contribution in [2.75, 3.05) is 12.4 Å². The molecule has 1 aromatic heterocycles. The number of benzene rings is 1. The molecule has 0 aliphatic carbocycles. The molecule has 120 valence electrons. The van der Waals surface area contributed by atoms with E-state index in [1.807, 2.05) is 48.4 Å². The van der Waals surface area contributed by atoms with Crippen LogP contribution in [0.3, 0.4) is 0 Å². The van der Waals surface area contributed by atoms with Crippen LogP contribution < -0.4 is 4.74 Å². The van der Waals surface area contributed by atoms with E-state index in [0.717, 1.165) is 22.6 Å². The average molecular weight is 328 g/mol. The minimum Gasteiger partial charge on any atom is -0.494 e. The molecule has 1 aromatic carbocycles. The molecule has 0 saturated carbocycles. The van der Waals surface area contributed by atoms with Gasteiger partial charge in [-0.05, 0) is 36.2 Å². The number of hydrogen-bond acceptors (Lipinski definition) is 4. The number of ether oxygens (including phenoxy) is 1. The molecule has 0 spiro atoms. The summed E-state index contributed by atoms with van der Waals surface area (Å²) in [7, 11) is 0. The molecular weight excluding hydrogens is 308 g/mol. The Bertz CT molecular complexity index is 663. The monoisotopic (exact) mass is 328 g/mol. The zero-order chi connectivity index (χ0) is 16.1. The summed E-state index contributed by atoms with van der Waals surface area (Å²) in [6.07, 6.45) is 4.16. The Labute approximate surface area is 140 Å². The molecule has 1 aliphatic rings. The maximum Gasteiger partial charge on any atom is 0.224 e. The number of amides is 1. The highest BCUT2D eigenvalue weighted by Crippen LogP contribution is 2.39. The molecule has 23 heavy (non-hydrogen) atoms. The van der Waals surface area contributed by atoms with E-state index in [-0.39, 0.29) is 11.3 Å². The summed E-state index contributed by atoms with van der Waals surface area (Å²) in [4.78, 5) is 18.5. The smallest absolute Gasteiger partial charge is 0.224 e. The van der Waals surface area contributed by atoms with Crippen LogP contribution in [0.2, 0.25) is 0 Å². The summed E-state index contributed by atoms with van der Waals surface area (Å²) in [5.41, 5.74) is 2.16. The molecular formula is C18H20N2O2S. The van der Waals surface area contributed by atoms with Gasteiger partial charge in [-0.3, -0.25) is 9.78 Å². The van der Waals surface area contributed by atoms with Gasteiger partial charge in [0.1, 0.15) is 11.1 Å². The summed E-state index contributed by atoms with van der Waals surface area (Å²) in [6.45, 7) is 3.20. The van der Waals surface area contributed by atoms with Crippen LogP contribution in [-0.2, 0) is 11.3 Å². The van der Waals surface area contributed by atoms with Gasteiger partial charge in [0.25, 0.3) is 0 Å². The third kappa shape index (κ3) is 3.85. The first-order chi connectivity index (χ1) is 11.3. The fraction of sp³-hybridized carbons (Fsp3) is 0.333. The Kier molecular flexibility index (Phi) is 5.18. The van der Waals surface area contributed by atoms with Gasteiger partial charge in [0.2, 0.25) is 5.91 Å². The summed E-state index contributed by atoms with van der Waals surface area (Å²) in [5.74, 6) is 1.90. The second kappa shape index (κ2) is 7.51. The minimum atomic E-state index is 0.0249. The molecule has 0 radical (unpaired) electrons. The van der Waals surface area contributed by atoms with Crippen LogP contribution in [0.25, 0.3) is 0 Å². The van der Waals surface area contributed by atoms with Gasteiger partial charge in [-0.1, -0.05) is 18.2 Å². The number of carbonyl (C=O) groups is 1. The zero-order valence-electron chi connectivity index (χ0n) is 13.1. The van der Waals surface area contributed by atoms with Gasteiger partial charge in [0.05, 0.1) is 6.61 Å². The van der Waals surface area contributed by atoms with E-state index in [0.29, 0.717) is 19.6 Å². The number of aromatic nitrogens is 1. The number of thioether (sulfide) groups is 1. The largest absolute Gasteiger partial charge is 0.494 e. The van der Waals surface area contributed by atoms with Crippen molar-refractivity contribution >= 4 is 17.7 Å². The maximum atomic E-state index is 12.5. The third-order valence-electron chi connectivity index (χ3n) is 3.73. The van der Waals surface area contributed by atoms with E-state index in [1.165, 1.54) is 0 Å². The molecule has 4 nitrogen and oxygen atoms in total. The molecule has 5 heteroatoms. The lowest BCUT2D eigenvalue weighted by molar-refractivity contribution is -0.132. The fourth-order valence-corrected chi connectivity index (χ4v) is 3.91. The standard InChI is InChI=1S/C18H20N2O2S/c1-2-22-16-7-3-6-15(11-16)18-20(17(21)8-10-23-18)13-14-5-4-9-19-12-14/h3-7,9,11-12,18H,2,8,10,13H2,1H3. The van der Waals surface area contributed by atoms with Gasteiger partial charge in [-0.25, -0.2) is 0 Å². The van der Waals surface area contributed by atoms with Crippen LogP contribution in [-0.4, -0.2) is 28.2 Å². The highest BCUT2D eigenvalue weighted by molar-refractivity contribution is 7.99. The molecule has 1 fully saturated rings. The van der Waals surface area contributed by atoms with Crippen molar-refractivity contribution in [2.45, 2.75) is 25.3 Å². The maximum absolute atomic E-state index is 12.5. The van der Waals surface area contributed by atoms with Gasteiger partial charge >= 0.3 is 0 Å². The molecule has 1 unspecified atom stereocenters. The second-order valence-corrected chi connectivity index (χ2v) is 6.55. The third-order valence-corrected chi connectivity index (χ3v) is 5.01. The molecule has 0 N–H and O–H groups in total. The highest BCUT2D eigenvalue weighted by atomic mass is 32.2. The van der Waals surface area contributed by atoms with E-state index in [9.17, 15) is 4.79 Å². The predicted molar refractivity (Wildman–Crippen MR) is 92.2 cm³/mol. The van der Waals surface area contributed by atoms with Gasteiger partial charge in [-0.15, -0.1) is 11.8 Å². The van der Waals surface area contributed by atoms with Gasteiger partial charge < -0.3 is 9.64 Å². The summed E-state index contributed by atoms with van der Waals surface area (Å²) in [6, 6.07) is 12.0. The van der Waals surface area contributed by atoms with E-state index in [2.05, 4.69) is 11.1 Å². The normalized spacial score (nSPS) is 18.0. The molecule has 2 aromatic rings. The first-order valence-electron chi connectivity index (χ1n) is 7.80. The van der Waals surface area contributed by atoms with E-state index in [1.54, 1.807) is 18.0 Å². The minimum absolute atomic E-state index is 0.0249. The van der Waals surface area contributed by atoms with Crippen LogP contribution in [0.1, 0.15) is 29.8 Å². The molecule has 3 rings (SSSR count). The Balaban J connectivity index is 1.85. The van der Waals surface area contributed by atoms with E-state index >= 15 is 0 Å². The fourth-order valence-electron chi connectivity index (χ4n) is 2.68. The van der Waals surface area contributed by atoms with Gasteiger partial charge in [-0.2, -0.15) is 0 Å². The van der Waals surface area contributed by atoms with Crippen molar-refractivity contribution in [2.24, 2.45) is 0 Å². The Morgan fingerprint density at radius 2 is 2.26 bits per heavy atom. The summed E-state index contributed by atoms with van der Waals surface area (Å²) in [5, 5.41) is 0.0249. The number of hydrogen-bond donors (Lipinski definition) is 0. The Hall–Kier alpha value is -2.01. The molecule has 1 amide bonds.